The molecule has 1 heterocycles. The maximum Gasteiger partial charge on any atom is 0.273 e. The smallest absolute Gasteiger partial charge is 0.273 e. The predicted molar refractivity (Wildman–Crippen MR) is 78.3 cm³/mol. The van der Waals surface area contributed by atoms with Crippen molar-refractivity contribution in [2.75, 3.05) is 11.9 Å². The van der Waals surface area contributed by atoms with Crippen LogP contribution in [0.3, 0.4) is 0 Å². The zero-order chi connectivity index (χ0) is 14.5. The average molecular weight is 268 g/mol. The number of rotatable bonds is 2. The molecule has 0 bridgehead atoms. The van der Waals surface area contributed by atoms with Gasteiger partial charge in [-0.2, -0.15) is 0 Å². The van der Waals surface area contributed by atoms with E-state index in [1.807, 2.05) is 25.1 Å². The van der Waals surface area contributed by atoms with E-state index in [-0.39, 0.29) is 5.91 Å². The van der Waals surface area contributed by atoms with Crippen LogP contribution in [0.1, 0.15) is 21.6 Å². The third kappa shape index (κ3) is 3.05. The van der Waals surface area contributed by atoms with Crippen LogP contribution in [-0.4, -0.2) is 22.0 Å². The number of nitrogens with one attached hydrogen (secondary N) is 1. The number of anilines is 1. The summed E-state index contributed by atoms with van der Waals surface area (Å²) in [6.07, 6.45) is 3.12. The molecule has 0 aliphatic carbocycles. The first-order valence-electron chi connectivity index (χ1n) is 6.19. The standard InChI is InChI=1S/C15H16N4O/c1-11-8-12(4-3-7-16)5-6-13(11)18-15(20)14-9-17-10-19(14)2/h5-6,8-10H,7,16H2,1-2H3,(H,18,20). The van der Waals surface area contributed by atoms with E-state index in [0.717, 1.165) is 16.8 Å². The number of carbonyl (C=O) groups excluding carboxylic acids is 1. The van der Waals surface area contributed by atoms with Crippen molar-refractivity contribution in [3.05, 3.63) is 47.5 Å². The Morgan fingerprint density at radius 3 is 2.90 bits per heavy atom. The molecule has 3 N–H and O–H groups in total. The number of nitrogens with two attached hydrogens (primary N) is 1. The monoisotopic (exact) mass is 268 g/mol. The summed E-state index contributed by atoms with van der Waals surface area (Å²) >= 11 is 0. The summed E-state index contributed by atoms with van der Waals surface area (Å²) in [5.74, 6) is 5.58. The number of hydrogen-bond acceptors (Lipinski definition) is 3. The van der Waals surface area contributed by atoms with Crippen LogP contribution in [0.5, 0.6) is 0 Å². The third-order valence-electron chi connectivity index (χ3n) is 2.86. The fourth-order valence-corrected chi connectivity index (χ4v) is 1.80. The van der Waals surface area contributed by atoms with Crippen LogP contribution in [0.4, 0.5) is 5.69 Å². The van der Waals surface area contributed by atoms with Gasteiger partial charge in [-0.15, -0.1) is 0 Å². The van der Waals surface area contributed by atoms with Crippen LogP contribution in [0.25, 0.3) is 0 Å². The van der Waals surface area contributed by atoms with Gasteiger partial charge in [-0.3, -0.25) is 4.79 Å². The van der Waals surface area contributed by atoms with Crippen molar-refractivity contribution >= 4 is 11.6 Å². The summed E-state index contributed by atoms with van der Waals surface area (Å²) in [7, 11) is 1.78. The van der Waals surface area contributed by atoms with Gasteiger partial charge in [0.05, 0.1) is 19.1 Å². The lowest BCUT2D eigenvalue weighted by Crippen LogP contribution is -2.16. The highest BCUT2D eigenvalue weighted by Gasteiger charge is 2.11. The van der Waals surface area contributed by atoms with Crippen LogP contribution >= 0.6 is 0 Å². The summed E-state index contributed by atoms with van der Waals surface area (Å²) in [6.45, 7) is 2.25. The first kappa shape index (κ1) is 13.8. The predicted octanol–water partition coefficient (Wildman–Crippen LogP) is 1.29. The minimum atomic E-state index is -0.186. The Hall–Kier alpha value is -2.58. The SMILES string of the molecule is Cc1cc(C#CCN)ccc1NC(=O)c1cncn1C. The zero-order valence-corrected chi connectivity index (χ0v) is 11.5. The molecule has 0 aliphatic rings. The lowest BCUT2D eigenvalue weighted by atomic mass is 10.1. The summed E-state index contributed by atoms with van der Waals surface area (Å²) < 4.78 is 1.67. The molecule has 20 heavy (non-hydrogen) atoms. The summed E-state index contributed by atoms with van der Waals surface area (Å²) in [4.78, 5) is 16.0. The number of hydrogen-bond donors (Lipinski definition) is 2. The Morgan fingerprint density at radius 1 is 1.50 bits per heavy atom. The highest BCUT2D eigenvalue weighted by atomic mass is 16.2. The molecule has 0 unspecified atom stereocenters. The molecule has 1 amide bonds. The number of aromatic nitrogens is 2. The molecule has 0 spiro atoms. The van der Waals surface area contributed by atoms with Crippen molar-refractivity contribution in [2.45, 2.75) is 6.92 Å². The molecular formula is C15H16N4O. The number of carbonyl (C=O) groups is 1. The Bertz CT molecular complexity index is 691. The molecule has 0 fully saturated rings. The van der Waals surface area contributed by atoms with Gasteiger partial charge in [0.2, 0.25) is 0 Å². The largest absolute Gasteiger partial charge is 0.330 e. The number of nitrogens with zero attached hydrogens (tertiary/aromatic N) is 2. The van der Waals surface area contributed by atoms with Crippen molar-refractivity contribution in [1.29, 1.82) is 0 Å². The Kier molecular flexibility index (Phi) is 4.18. The van der Waals surface area contributed by atoms with Gasteiger partial charge in [0, 0.05) is 18.3 Å². The van der Waals surface area contributed by atoms with Crippen molar-refractivity contribution in [3.8, 4) is 11.8 Å². The van der Waals surface area contributed by atoms with Gasteiger partial charge in [-0.05, 0) is 30.7 Å². The van der Waals surface area contributed by atoms with Crippen molar-refractivity contribution in [1.82, 2.24) is 9.55 Å². The Labute approximate surface area is 117 Å². The van der Waals surface area contributed by atoms with Gasteiger partial charge in [0.25, 0.3) is 5.91 Å². The molecule has 2 aromatic rings. The molecule has 0 aliphatic heterocycles. The molecule has 5 nitrogen and oxygen atoms in total. The van der Waals surface area contributed by atoms with Gasteiger partial charge < -0.3 is 15.6 Å². The van der Waals surface area contributed by atoms with Gasteiger partial charge >= 0.3 is 0 Å². The van der Waals surface area contributed by atoms with E-state index in [2.05, 4.69) is 22.1 Å². The fraction of sp³-hybridized carbons (Fsp3) is 0.200. The molecule has 102 valence electrons. The number of aryl methyl sites for hydroxylation is 2. The molecule has 0 saturated carbocycles. The molecule has 0 radical (unpaired) electrons. The van der Waals surface area contributed by atoms with Crippen molar-refractivity contribution in [2.24, 2.45) is 12.8 Å². The van der Waals surface area contributed by atoms with Gasteiger partial charge in [0.15, 0.2) is 0 Å². The lowest BCUT2D eigenvalue weighted by Gasteiger charge is -2.09. The quantitative estimate of drug-likeness (QED) is 0.806. The Balaban J connectivity index is 2.18. The zero-order valence-electron chi connectivity index (χ0n) is 11.5. The van der Waals surface area contributed by atoms with Crippen molar-refractivity contribution < 1.29 is 4.79 Å². The molecule has 0 saturated heterocycles. The maximum atomic E-state index is 12.1. The molecular weight excluding hydrogens is 252 g/mol. The second-order valence-electron chi connectivity index (χ2n) is 4.38. The molecule has 2 rings (SSSR count). The van der Waals surface area contributed by atoms with Crippen LogP contribution < -0.4 is 11.1 Å². The summed E-state index contributed by atoms with van der Waals surface area (Å²) in [6, 6.07) is 5.61. The molecule has 5 heteroatoms. The highest BCUT2D eigenvalue weighted by Crippen LogP contribution is 2.17. The number of imidazole rings is 1. The topological polar surface area (TPSA) is 72.9 Å². The van der Waals surface area contributed by atoms with E-state index in [0.29, 0.717) is 12.2 Å². The van der Waals surface area contributed by atoms with Crippen LogP contribution in [0, 0.1) is 18.8 Å². The summed E-state index contributed by atoms with van der Waals surface area (Å²) in [5, 5.41) is 2.86. The Morgan fingerprint density at radius 2 is 2.30 bits per heavy atom. The van der Waals surface area contributed by atoms with Gasteiger partial charge in [-0.25, -0.2) is 4.98 Å². The summed E-state index contributed by atoms with van der Waals surface area (Å²) in [5.41, 5.74) is 8.44. The second kappa shape index (κ2) is 6.04. The van der Waals surface area contributed by atoms with Crippen molar-refractivity contribution in [3.63, 3.8) is 0 Å². The minimum Gasteiger partial charge on any atom is -0.330 e. The van der Waals surface area contributed by atoms with E-state index in [4.69, 9.17) is 5.73 Å². The van der Waals surface area contributed by atoms with E-state index in [1.54, 1.807) is 17.9 Å². The van der Waals surface area contributed by atoms with E-state index in [9.17, 15) is 4.79 Å². The third-order valence-corrected chi connectivity index (χ3v) is 2.86. The fourth-order valence-electron chi connectivity index (χ4n) is 1.80. The van der Waals surface area contributed by atoms with Gasteiger partial charge in [-0.1, -0.05) is 11.8 Å². The van der Waals surface area contributed by atoms with Gasteiger partial charge in [0.1, 0.15) is 5.69 Å². The first-order chi connectivity index (χ1) is 9.61. The second-order valence-corrected chi connectivity index (χ2v) is 4.38. The average Bonchev–Trinajstić information content (AvgIpc) is 2.85. The lowest BCUT2D eigenvalue weighted by molar-refractivity contribution is 0.101. The minimum absolute atomic E-state index is 0.186. The van der Waals surface area contributed by atoms with E-state index >= 15 is 0 Å². The maximum absolute atomic E-state index is 12.1. The van der Waals surface area contributed by atoms with E-state index < -0.39 is 0 Å². The van der Waals surface area contributed by atoms with Crippen LogP contribution in [0.2, 0.25) is 0 Å². The molecule has 1 aromatic carbocycles. The van der Waals surface area contributed by atoms with Crippen LogP contribution in [-0.2, 0) is 7.05 Å². The molecule has 1 aromatic heterocycles. The highest BCUT2D eigenvalue weighted by molar-refractivity contribution is 6.03. The van der Waals surface area contributed by atoms with E-state index in [1.165, 1.54) is 6.20 Å². The normalized spacial score (nSPS) is 9.75. The number of amides is 1. The van der Waals surface area contributed by atoms with Crippen LogP contribution in [0.15, 0.2) is 30.7 Å². The molecule has 0 atom stereocenters. The first-order valence-corrected chi connectivity index (χ1v) is 6.19. The number of benzene rings is 1.